The van der Waals surface area contributed by atoms with Crippen LogP contribution in [0.3, 0.4) is 0 Å². The Balaban J connectivity index is 2.69. The second-order valence-corrected chi connectivity index (χ2v) is 2.59. The Bertz CT molecular complexity index is 292. The SMILES string of the molecule is O=C(CBr)Nc1cccc(F)n1. The molecule has 0 aliphatic carbocycles. The van der Waals surface area contributed by atoms with Gasteiger partial charge in [0.2, 0.25) is 11.9 Å². The fourth-order valence-corrected chi connectivity index (χ4v) is 0.794. The zero-order chi connectivity index (χ0) is 8.97. The molecule has 0 saturated carbocycles. The van der Waals surface area contributed by atoms with Gasteiger partial charge in [0.05, 0.1) is 5.33 Å². The second-order valence-electron chi connectivity index (χ2n) is 2.03. The molecule has 1 aromatic heterocycles. The van der Waals surface area contributed by atoms with Crippen molar-refractivity contribution in [3.8, 4) is 0 Å². The molecular formula is C7H6BrFN2O. The minimum atomic E-state index is -0.609. The summed E-state index contributed by atoms with van der Waals surface area (Å²) in [7, 11) is 0. The van der Waals surface area contributed by atoms with E-state index in [0.717, 1.165) is 0 Å². The fourth-order valence-electron chi connectivity index (χ4n) is 0.654. The minimum Gasteiger partial charge on any atom is -0.310 e. The molecule has 0 radical (unpaired) electrons. The monoisotopic (exact) mass is 232 g/mol. The van der Waals surface area contributed by atoms with E-state index in [2.05, 4.69) is 26.2 Å². The maximum absolute atomic E-state index is 12.4. The summed E-state index contributed by atoms with van der Waals surface area (Å²) in [6, 6.07) is 4.21. The van der Waals surface area contributed by atoms with Crippen LogP contribution >= 0.6 is 15.9 Å². The Hall–Kier alpha value is -0.970. The van der Waals surface area contributed by atoms with Crippen molar-refractivity contribution in [2.24, 2.45) is 0 Å². The first-order valence-electron chi connectivity index (χ1n) is 3.21. The fraction of sp³-hybridized carbons (Fsp3) is 0.143. The summed E-state index contributed by atoms with van der Waals surface area (Å²) in [6.45, 7) is 0. The number of hydrogen-bond donors (Lipinski definition) is 1. The molecule has 1 aromatic rings. The molecule has 1 rings (SSSR count). The largest absolute Gasteiger partial charge is 0.310 e. The normalized spacial score (nSPS) is 9.50. The molecule has 0 aromatic carbocycles. The van der Waals surface area contributed by atoms with E-state index >= 15 is 0 Å². The summed E-state index contributed by atoms with van der Waals surface area (Å²) < 4.78 is 12.4. The van der Waals surface area contributed by atoms with Gasteiger partial charge in [-0.05, 0) is 12.1 Å². The Labute approximate surface area is 77.1 Å². The molecule has 3 nitrogen and oxygen atoms in total. The molecule has 0 bridgehead atoms. The van der Waals surface area contributed by atoms with Crippen LogP contribution in [0.4, 0.5) is 10.2 Å². The number of nitrogens with one attached hydrogen (secondary N) is 1. The number of carbonyl (C=O) groups excluding carboxylic acids is 1. The first-order chi connectivity index (χ1) is 5.72. The van der Waals surface area contributed by atoms with Crippen LogP contribution in [0.2, 0.25) is 0 Å². The van der Waals surface area contributed by atoms with E-state index < -0.39 is 5.95 Å². The van der Waals surface area contributed by atoms with Crippen molar-refractivity contribution in [2.45, 2.75) is 0 Å². The third-order valence-electron chi connectivity index (χ3n) is 1.10. The Kier molecular flexibility index (Phi) is 3.16. The Morgan fingerprint density at radius 3 is 3.00 bits per heavy atom. The lowest BCUT2D eigenvalue weighted by Crippen LogP contribution is -2.13. The maximum atomic E-state index is 12.4. The highest BCUT2D eigenvalue weighted by molar-refractivity contribution is 9.09. The van der Waals surface area contributed by atoms with Crippen LogP contribution in [-0.4, -0.2) is 16.2 Å². The van der Waals surface area contributed by atoms with Crippen LogP contribution < -0.4 is 5.32 Å². The topological polar surface area (TPSA) is 42.0 Å². The minimum absolute atomic E-state index is 0.172. The van der Waals surface area contributed by atoms with Crippen molar-refractivity contribution in [3.63, 3.8) is 0 Å². The number of alkyl halides is 1. The Morgan fingerprint density at radius 1 is 1.67 bits per heavy atom. The number of halogens is 2. The number of hydrogen-bond acceptors (Lipinski definition) is 2. The summed E-state index contributed by atoms with van der Waals surface area (Å²) in [5.41, 5.74) is 0. The van der Waals surface area contributed by atoms with Crippen molar-refractivity contribution < 1.29 is 9.18 Å². The number of rotatable bonds is 2. The lowest BCUT2D eigenvalue weighted by atomic mass is 10.4. The highest BCUT2D eigenvalue weighted by Gasteiger charge is 2.00. The van der Waals surface area contributed by atoms with Crippen LogP contribution in [0, 0.1) is 5.95 Å². The highest BCUT2D eigenvalue weighted by Crippen LogP contribution is 2.03. The first kappa shape index (κ1) is 9.12. The van der Waals surface area contributed by atoms with E-state index in [9.17, 15) is 9.18 Å². The van der Waals surface area contributed by atoms with Gasteiger partial charge in [-0.25, -0.2) is 4.98 Å². The number of anilines is 1. The van der Waals surface area contributed by atoms with Gasteiger partial charge in [0, 0.05) is 0 Å². The number of nitrogens with zero attached hydrogens (tertiary/aromatic N) is 1. The van der Waals surface area contributed by atoms with Crippen LogP contribution in [0.5, 0.6) is 0 Å². The predicted molar refractivity (Wildman–Crippen MR) is 46.6 cm³/mol. The summed E-state index contributed by atoms with van der Waals surface area (Å²) in [5.74, 6) is -0.644. The van der Waals surface area contributed by atoms with Gasteiger partial charge in [0.25, 0.3) is 0 Å². The maximum Gasteiger partial charge on any atom is 0.236 e. The molecule has 1 N–H and O–H groups in total. The lowest BCUT2D eigenvalue weighted by molar-refractivity contribution is -0.113. The van der Waals surface area contributed by atoms with E-state index in [0.29, 0.717) is 0 Å². The highest BCUT2D eigenvalue weighted by atomic mass is 79.9. The van der Waals surface area contributed by atoms with Crippen molar-refractivity contribution in [1.82, 2.24) is 4.98 Å². The number of pyridine rings is 1. The van der Waals surface area contributed by atoms with Crippen LogP contribution in [0.25, 0.3) is 0 Å². The zero-order valence-electron chi connectivity index (χ0n) is 6.05. The number of carbonyl (C=O) groups is 1. The van der Waals surface area contributed by atoms with Crippen molar-refractivity contribution in [3.05, 3.63) is 24.1 Å². The first-order valence-corrected chi connectivity index (χ1v) is 4.33. The van der Waals surface area contributed by atoms with Crippen LogP contribution in [-0.2, 0) is 4.79 Å². The molecule has 0 atom stereocenters. The smallest absolute Gasteiger partial charge is 0.236 e. The summed E-state index contributed by atoms with van der Waals surface area (Å²) in [6.07, 6.45) is 0. The van der Waals surface area contributed by atoms with Crippen LogP contribution in [0.15, 0.2) is 18.2 Å². The van der Waals surface area contributed by atoms with E-state index in [-0.39, 0.29) is 17.1 Å². The van der Waals surface area contributed by atoms with Gasteiger partial charge in [-0.15, -0.1) is 0 Å². The van der Waals surface area contributed by atoms with E-state index in [1.54, 1.807) is 0 Å². The standard InChI is InChI=1S/C7H6BrFN2O/c8-4-7(12)11-6-3-1-2-5(9)10-6/h1-3H,4H2,(H,10,11,12). The summed E-state index contributed by atoms with van der Waals surface area (Å²) in [4.78, 5) is 14.2. The molecule has 1 amide bonds. The molecule has 0 saturated heterocycles. The van der Waals surface area contributed by atoms with E-state index in [4.69, 9.17) is 0 Å². The molecule has 0 spiro atoms. The quantitative estimate of drug-likeness (QED) is 0.622. The molecule has 0 aliphatic rings. The zero-order valence-corrected chi connectivity index (χ0v) is 7.64. The van der Waals surface area contributed by atoms with Gasteiger partial charge >= 0.3 is 0 Å². The molecule has 12 heavy (non-hydrogen) atoms. The number of amides is 1. The summed E-state index contributed by atoms with van der Waals surface area (Å²) >= 11 is 2.96. The lowest BCUT2D eigenvalue weighted by Gasteiger charge is -2.00. The molecule has 64 valence electrons. The van der Waals surface area contributed by atoms with Gasteiger partial charge in [0.15, 0.2) is 0 Å². The van der Waals surface area contributed by atoms with E-state index in [1.807, 2.05) is 0 Å². The predicted octanol–water partition coefficient (Wildman–Crippen LogP) is 1.55. The van der Waals surface area contributed by atoms with Crippen LogP contribution in [0.1, 0.15) is 0 Å². The second kappa shape index (κ2) is 4.15. The van der Waals surface area contributed by atoms with E-state index in [1.165, 1.54) is 18.2 Å². The summed E-state index contributed by atoms with van der Waals surface area (Å²) in [5, 5.41) is 2.57. The van der Waals surface area contributed by atoms with Crippen molar-refractivity contribution in [2.75, 3.05) is 10.6 Å². The Morgan fingerprint density at radius 2 is 2.42 bits per heavy atom. The number of aromatic nitrogens is 1. The van der Waals surface area contributed by atoms with Gasteiger partial charge in [-0.1, -0.05) is 22.0 Å². The van der Waals surface area contributed by atoms with Gasteiger partial charge in [-0.2, -0.15) is 4.39 Å². The average molecular weight is 233 g/mol. The molecule has 0 aliphatic heterocycles. The third kappa shape index (κ3) is 2.58. The van der Waals surface area contributed by atoms with Gasteiger partial charge < -0.3 is 5.32 Å². The third-order valence-corrected chi connectivity index (χ3v) is 1.61. The molecule has 1 heterocycles. The van der Waals surface area contributed by atoms with Crippen molar-refractivity contribution >= 4 is 27.7 Å². The van der Waals surface area contributed by atoms with Gasteiger partial charge in [0.1, 0.15) is 5.82 Å². The average Bonchev–Trinajstić information content (AvgIpc) is 2.04. The molecule has 5 heteroatoms. The molecular weight excluding hydrogens is 227 g/mol. The van der Waals surface area contributed by atoms with Crippen molar-refractivity contribution in [1.29, 1.82) is 0 Å². The molecule has 0 unspecified atom stereocenters. The molecule has 0 fully saturated rings. The van der Waals surface area contributed by atoms with Gasteiger partial charge in [-0.3, -0.25) is 4.79 Å².